The van der Waals surface area contributed by atoms with Crippen molar-refractivity contribution in [2.75, 3.05) is 12.8 Å². The summed E-state index contributed by atoms with van der Waals surface area (Å²) in [7, 11) is 2.29. The largest absolute Gasteiger partial charge is 0.347 e. The van der Waals surface area contributed by atoms with Gasteiger partial charge in [0.1, 0.15) is 7.28 Å². The molecule has 1 atom stereocenters. The standard InChI is InChI=1S/C15H26BN4OS/c1-3-16-9-10-20-14-6-4-5-12(11-17-15(21)22-2)7-8-13(14)18-19-20/h12H,3-11H2,1-2H3,(H,17,21). The van der Waals surface area contributed by atoms with Crippen LogP contribution in [0.2, 0.25) is 12.6 Å². The van der Waals surface area contributed by atoms with Gasteiger partial charge in [-0.15, -0.1) is 5.10 Å². The number of nitrogens with one attached hydrogen (secondary N) is 1. The number of carbonyl (C=O) groups excluding carboxylic acids is 1. The van der Waals surface area contributed by atoms with Gasteiger partial charge >= 0.3 is 0 Å². The molecule has 5 nitrogen and oxygen atoms in total. The third-order valence-electron chi connectivity index (χ3n) is 4.29. The summed E-state index contributed by atoms with van der Waals surface area (Å²) in [5.41, 5.74) is 2.49. The molecule has 1 aliphatic carbocycles. The summed E-state index contributed by atoms with van der Waals surface area (Å²) in [5.74, 6) is 0.558. The molecule has 0 bridgehead atoms. The van der Waals surface area contributed by atoms with Crippen LogP contribution < -0.4 is 5.32 Å². The van der Waals surface area contributed by atoms with Gasteiger partial charge in [-0.3, -0.25) is 4.79 Å². The van der Waals surface area contributed by atoms with Gasteiger partial charge in [-0.25, -0.2) is 4.68 Å². The van der Waals surface area contributed by atoms with Crippen molar-refractivity contribution in [3.63, 3.8) is 0 Å². The minimum atomic E-state index is 0.0702. The number of nitrogens with zero attached hydrogens (tertiary/aromatic N) is 3. The Morgan fingerprint density at radius 2 is 2.32 bits per heavy atom. The van der Waals surface area contributed by atoms with Crippen molar-refractivity contribution in [1.29, 1.82) is 0 Å². The van der Waals surface area contributed by atoms with Gasteiger partial charge in [-0.1, -0.05) is 36.5 Å². The number of rotatable bonds is 6. The Kier molecular flexibility index (Phi) is 7.29. The van der Waals surface area contributed by atoms with Crippen molar-refractivity contribution < 1.29 is 4.79 Å². The second kappa shape index (κ2) is 9.23. The maximum absolute atomic E-state index is 11.4. The van der Waals surface area contributed by atoms with E-state index in [1.54, 1.807) is 0 Å². The van der Waals surface area contributed by atoms with E-state index in [1.165, 1.54) is 23.9 Å². The van der Waals surface area contributed by atoms with E-state index in [0.717, 1.165) is 57.1 Å². The zero-order valence-electron chi connectivity index (χ0n) is 13.7. The number of hydrogen-bond acceptors (Lipinski definition) is 4. The lowest BCUT2D eigenvalue weighted by atomic mass is 9.72. The van der Waals surface area contributed by atoms with Gasteiger partial charge < -0.3 is 5.32 Å². The molecule has 0 saturated carbocycles. The highest BCUT2D eigenvalue weighted by molar-refractivity contribution is 8.12. The third-order valence-corrected chi connectivity index (χ3v) is 4.80. The molecule has 1 radical (unpaired) electrons. The number of aromatic nitrogens is 3. The first-order chi connectivity index (χ1) is 10.7. The molecule has 1 amide bonds. The molecule has 1 aromatic heterocycles. The van der Waals surface area contributed by atoms with Gasteiger partial charge in [0.2, 0.25) is 0 Å². The van der Waals surface area contributed by atoms with Crippen molar-refractivity contribution in [2.45, 2.75) is 58.2 Å². The van der Waals surface area contributed by atoms with E-state index < -0.39 is 0 Å². The molecule has 0 saturated heterocycles. The van der Waals surface area contributed by atoms with Crippen LogP contribution in [0, 0.1) is 5.92 Å². The molecule has 7 heteroatoms. The van der Waals surface area contributed by atoms with Crippen LogP contribution in [0.4, 0.5) is 4.79 Å². The van der Waals surface area contributed by atoms with Crippen molar-refractivity contribution >= 4 is 24.3 Å². The van der Waals surface area contributed by atoms with Gasteiger partial charge in [-0.05, 0) is 44.3 Å². The fraction of sp³-hybridized carbons (Fsp3) is 0.800. The number of aryl methyl sites for hydroxylation is 2. The fourth-order valence-corrected chi connectivity index (χ4v) is 3.21. The lowest BCUT2D eigenvalue weighted by Gasteiger charge is -2.20. The highest BCUT2D eigenvalue weighted by atomic mass is 32.2. The molecule has 0 aromatic carbocycles. The zero-order valence-corrected chi connectivity index (χ0v) is 14.5. The monoisotopic (exact) mass is 321 g/mol. The number of carbonyl (C=O) groups is 1. The molecular weight excluding hydrogens is 295 g/mol. The van der Waals surface area contributed by atoms with Crippen LogP contribution in [0.1, 0.15) is 37.6 Å². The Balaban J connectivity index is 1.88. The molecule has 22 heavy (non-hydrogen) atoms. The molecule has 2 rings (SSSR count). The number of thioether (sulfide) groups is 1. The van der Waals surface area contributed by atoms with E-state index in [9.17, 15) is 4.79 Å². The Labute approximate surface area is 138 Å². The van der Waals surface area contributed by atoms with Gasteiger partial charge in [0.15, 0.2) is 0 Å². The van der Waals surface area contributed by atoms with E-state index in [4.69, 9.17) is 0 Å². The van der Waals surface area contributed by atoms with Crippen molar-refractivity contribution in [2.24, 2.45) is 5.92 Å². The first-order valence-corrected chi connectivity index (χ1v) is 9.51. The van der Waals surface area contributed by atoms with Crippen LogP contribution in [-0.2, 0) is 19.4 Å². The van der Waals surface area contributed by atoms with E-state index >= 15 is 0 Å². The van der Waals surface area contributed by atoms with Crippen LogP contribution in [0.5, 0.6) is 0 Å². The minimum absolute atomic E-state index is 0.0702. The van der Waals surface area contributed by atoms with Gasteiger partial charge in [0.05, 0.1) is 11.4 Å². The molecule has 1 aliphatic rings. The Hall–Kier alpha value is -0.975. The molecule has 0 aliphatic heterocycles. The van der Waals surface area contributed by atoms with Gasteiger partial charge in [-0.2, -0.15) is 0 Å². The Bertz CT molecular complexity index is 480. The van der Waals surface area contributed by atoms with Crippen LogP contribution in [0.25, 0.3) is 0 Å². The Morgan fingerprint density at radius 1 is 1.45 bits per heavy atom. The fourth-order valence-electron chi connectivity index (χ4n) is 2.98. The zero-order chi connectivity index (χ0) is 15.8. The molecule has 1 N–H and O–H groups in total. The molecule has 1 aromatic rings. The smallest absolute Gasteiger partial charge is 0.278 e. The summed E-state index contributed by atoms with van der Waals surface area (Å²) >= 11 is 1.25. The van der Waals surface area contributed by atoms with Crippen LogP contribution in [-0.4, -0.2) is 40.3 Å². The summed E-state index contributed by atoms with van der Waals surface area (Å²) in [6, 6.07) is 0. The van der Waals surface area contributed by atoms with E-state index in [2.05, 4.69) is 34.5 Å². The quantitative estimate of drug-likeness (QED) is 0.646. The highest BCUT2D eigenvalue weighted by Crippen LogP contribution is 2.22. The van der Waals surface area contributed by atoms with Gasteiger partial charge in [0.25, 0.3) is 5.24 Å². The number of amides is 1. The lowest BCUT2D eigenvalue weighted by molar-refractivity contribution is 0.257. The molecule has 121 valence electrons. The maximum Gasteiger partial charge on any atom is 0.278 e. The first kappa shape index (κ1) is 17.4. The first-order valence-electron chi connectivity index (χ1n) is 8.29. The van der Waals surface area contributed by atoms with Crippen molar-refractivity contribution in [1.82, 2.24) is 20.3 Å². The topological polar surface area (TPSA) is 59.8 Å². The van der Waals surface area contributed by atoms with Crippen LogP contribution in [0.15, 0.2) is 0 Å². The summed E-state index contributed by atoms with van der Waals surface area (Å²) in [5, 5.41) is 11.8. The van der Waals surface area contributed by atoms with Crippen molar-refractivity contribution in [3.8, 4) is 0 Å². The van der Waals surface area contributed by atoms with E-state index in [-0.39, 0.29) is 5.24 Å². The van der Waals surface area contributed by atoms with Crippen LogP contribution >= 0.6 is 11.8 Å². The molecular formula is C15H26BN4OS. The Morgan fingerprint density at radius 3 is 3.09 bits per heavy atom. The average molecular weight is 321 g/mol. The molecule has 1 heterocycles. The molecule has 1 unspecified atom stereocenters. The number of hydrogen-bond donors (Lipinski definition) is 1. The minimum Gasteiger partial charge on any atom is -0.347 e. The summed E-state index contributed by atoms with van der Waals surface area (Å²) in [6.45, 7) is 3.90. The summed E-state index contributed by atoms with van der Waals surface area (Å²) < 4.78 is 2.09. The third kappa shape index (κ3) is 5.04. The second-order valence-corrected chi connectivity index (χ2v) is 6.64. The predicted octanol–water partition coefficient (Wildman–Crippen LogP) is 2.80. The highest BCUT2D eigenvalue weighted by Gasteiger charge is 2.19. The molecule has 0 spiro atoms. The van der Waals surface area contributed by atoms with E-state index in [1.807, 2.05) is 6.26 Å². The van der Waals surface area contributed by atoms with E-state index in [0.29, 0.717) is 5.92 Å². The maximum atomic E-state index is 11.4. The predicted molar refractivity (Wildman–Crippen MR) is 92.7 cm³/mol. The normalized spacial score (nSPS) is 18.2. The number of fused-ring (bicyclic) bond motifs is 1. The second-order valence-electron chi connectivity index (χ2n) is 5.86. The SMILES string of the molecule is CC[B]CCn1nnc2c1CCCC(CNC(=O)SC)CC2. The van der Waals surface area contributed by atoms with Gasteiger partial charge in [0, 0.05) is 13.1 Å². The van der Waals surface area contributed by atoms with Crippen LogP contribution in [0.3, 0.4) is 0 Å². The summed E-state index contributed by atoms with van der Waals surface area (Å²) in [4.78, 5) is 11.4. The van der Waals surface area contributed by atoms with Crippen molar-refractivity contribution in [3.05, 3.63) is 11.4 Å². The lowest BCUT2D eigenvalue weighted by Crippen LogP contribution is -2.27. The molecule has 0 fully saturated rings. The summed E-state index contributed by atoms with van der Waals surface area (Å²) in [6.07, 6.45) is 9.43. The average Bonchev–Trinajstić information content (AvgIpc) is 2.88.